The molecule has 4 bridgehead atoms. The zero-order valence-corrected chi connectivity index (χ0v) is 20.9. The van der Waals surface area contributed by atoms with Gasteiger partial charge in [0.2, 0.25) is 5.78 Å². The summed E-state index contributed by atoms with van der Waals surface area (Å²) in [5.74, 6) is 8.04. The Morgan fingerprint density at radius 2 is 1.86 bits per heavy atom. The lowest BCUT2D eigenvalue weighted by atomic mass is 9.49. The minimum Gasteiger partial charge on any atom is -0.454 e. The zero-order valence-electron chi connectivity index (χ0n) is 20.1. The molecule has 4 aliphatic carbocycles. The lowest BCUT2D eigenvalue weighted by molar-refractivity contribution is -0.0640. The quantitative estimate of drug-likeness (QED) is 0.181. The van der Waals surface area contributed by atoms with Crippen molar-refractivity contribution in [1.82, 2.24) is 15.0 Å². The number of nitrogens with two attached hydrogens (primary N) is 2. The van der Waals surface area contributed by atoms with Crippen LogP contribution in [0.2, 0.25) is 0 Å². The van der Waals surface area contributed by atoms with Gasteiger partial charge in [-0.1, -0.05) is 18.2 Å². The van der Waals surface area contributed by atoms with Gasteiger partial charge in [0.25, 0.3) is 0 Å². The van der Waals surface area contributed by atoms with Crippen molar-refractivity contribution in [3.05, 3.63) is 64.0 Å². The van der Waals surface area contributed by atoms with Gasteiger partial charge in [-0.25, -0.2) is 15.6 Å². The highest BCUT2D eigenvalue weighted by molar-refractivity contribution is 7.12. The van der Waals surface area contributed by atoms with E-state index < -0.39 is 5.97 Å². The van der Waals surface area contributed by atoms with E-state index in [-0.39, 0.29) is 23.1 Å². The summed E-state index contributed by atoms with van der Waals surface area (Å²) in [6.45, 7) is 0.702. The molecule has 2 aromatic heterocycles. The fourth-order valence-electron chi connectivity index (χ4n) is 7.24. The maximum absolute atomic E-state index is 12.9. The summed E-state index contributed by atoms with van der Waals surface area (Å²) in [7, 11) is 0. The number of ether oxygens (including phenoxy) is 1. The first-order valence-corrected chi connectivity index (χ1v) is 13.5. The van der Waals surface area contributed by atoms with Crippen molar-refractivity contribution in [3.63, 3.8) is 0 Å². The SMILES string of the molecule is N/C(=C\N(N)CC12CC3CC(CC(C3)C1)C2)COC(=O)c1csc(C(=O)c2c[nH]c3ccccc23)n1. The predicted molar refractivity (Wildman–Crippen MR) is 138 cm³/mol. The third-order valence-electron chi connectivity index (χ3n) is 8.13. The van der Waals surface area contributed by atoms with Gasteiger partial charge in [-0.2, -0.15) is 0 Å². The first kappa shape index (κ1) is 23.2. The van der Waals surface area contributed by atoms with E-state index in [4.69, 9.17) is 16.3 Å². The molecule has 4 fully saturated rings. The molecule has 0 radical (unpaired) electrons. The number of carbonyl (C=O) groups is 2. The number of hydrogen-bond donors (Lipinski definition) is 3. The Labute approximate surface area is 213 Å². The zero-order chi connectivity index (χ0) is 24.9. The van der Waals surface area contributed by atoms with Crippen molar-refractivity contribution in [3.8, 4) is 0 Å². The van der Waals surface area contributed by atoms with Gasteiger partial charge in [-0.15, -0.1) is 11.3 Å². The molecule has 4 aliphatic rings. The second kappa shape index (κ2) is 9.05. The fraction of sp³-hybridized carbons (Fsp3) is 0.444. The first-order valence-electron chi connectivity index (χ1n) is 12.6. The summed E-state index contributed by atoms with van der Waals surface area (Å²) in [5, 5.41) is 4.27. The minimum absolute atomic E-state index is 0.0866. The summed E-state index contributed by atoms with van der Waals surface area (Å²) < 4.78 is 5.35. The van der Waals surface area contributed by atoms with Crippen molar-refractivity contribution >= 4 is 34.0 Å². The third kappa shape index (κ3) is 4.41. The number of nitrogens with one attached hydrogen (secondary N) is 1. The van der Waals surface area contributed by atoms with Crippen LogP contribution in [0.4, 0.5) is 0 Å². The average molecular weight is 506 g/mol. The number of aromatic amines is 1. The Kier molecular flexibility index (Phi) is 5.84. The van der Waals surface area contributed by atoms with Gasteiger partial charge in [0, 0.05) is 35.2 Å². The number of nitrogens with zero attached hydrogens (tertiary/aromatic N) is 2. The highest BCUT2D eigenvalue weighted by atomic mass is 32.1. The van der Waals surface area contributed by atoms with E-state index in [0.29, 0.717) is 16.7 Å². The number of rotatable bonds is 8. The molecule has 0 amide bonds. The Morgan fingerprint density at radius 3 is 2.58 bits per heavy atom. The molecule has 9 heteroatoms. The van der Waals surface area contributed by atoms with E-state index in [0.717, 1.165) is 46.5 Å². The molecule has 36 heavy (non-hydrogen) atoms. The van der Waals surface area contributed by atoms with Gasteiger partial charge in [0.1, 0.15) is 6.61 Å². The van der Waals surface area contributed by atoms with Gasteiger partial charge < -0.3 is 20.5 Å². The number of aromatic nitrogens is 2. The molecule has 0 saturated heterocycles. The van der Waals surface area contributed by atoms with Crippen molar-refractivity contribution in [2.24, 2.45) is 34.7 Å². The van der Waals surface area contributed by atoms with Crippen LogP contribution in [-0.4, -0.2) is 39.9 Å². The molecule has 0 spiro atoms. The van der Waals surface area contributed by atoms with E-state index in [9.17, 15) is 9.59 Å². The number of carbonyl (C=O) groups excluding carboxylic acids is 2. The number of thiazole rings is 1. The molecule has 8 nitrogen and oxygen atoms in total. The largest absolute Gasteiger partial charge is 0.454 e. The summed E-state index contributed by atoms with van der Waals surface area (Å²) in [6.07, 6.45) is 11.3. The maximum Gasteiger partial charge on any atom is 0.358 e. The average Bonchev–Trinajstić information content (AvgIpc) is 3.49. The normalized spacial score (nSPS) is 26.9. The number of hydrogen-bond acceptors (Lipinski definition) is 8. The number of fused-ring (bicyclic) bond motifs is 1. The topological polar surface area (TPSA) is 127 Å². The molecule has 3 aromatic rings. The second-order valence-electron chi connectivity index (χ2n) is 11.0. The van der Waals surface area contributed by atoms with Crippen LogP contribution in [-0.2, 0) is 4.74 Å². The van der Waals surface area contributed by atoms with Crippen LogP contribution in [0.25, 0.3) is 10.9 Å². The molecule has 1 aromatic carbocycles. The van der Waals surface area contributed by atoms with Gasteiger partial charge in [0.05, 0.1) is 11.3 Å². The van der Waals surface area contributed by atoms with E-state index in [1.165, 1.54) is 43.9 Å². The van der Waals surface area contributed by atoms with Crippen LogP contribution in [0.5, 0.6) is 0 Å². The third-order valence-corrected chi connectivity index (χ3v) is 8.97. The first-order chi connectivity index (χ1) is 17.4. The standard InChI is InChI=1S/C27H31N5O3S/c28-19(12-32(29)15-27-8-16-5-17(9-27)7-18(6-16)10-27)13-35-26(34)23-14-36-25(31-23)24(33)21-11-30-22-4-2-1-3-20(21)22/h1-4,11-12,14,16-18,30H,5-10,13,15,28-29H2/b19-12-. The Hall–Kier alpha value is -3.17. The number of H-pyrrole nitrogens is 1. The van der Waals surface area contributed by atoms with Crippen LogP contribution in [0.1, 0.15) is 64.4 Å². The second-order valence-corrected chi connectivity index (χ2v) is 11.8. The number of benzene rings is 1. The highest BCUT2D eigenvalue weighted by Crippen LogP contribution is 2.60. The molecular weight excluding hydrogens is 474 g/mol. The van der Waals surface area contributed by atoms with Gasteiger partial charge in [-0.3, -0.25) is 4.79 Å². The highest BCUT2D eigenvalue weighted by Gasteiger charge is 2.51. The predicted octanol–water partition coefficient (Wildman–Crippen LogP) is 4.20. The van der Waals surface area contributed by atoms with Crippen molar-refractivity contribution < 1.29 is 14.3 Å². The summed E-state index contributed by atoms with van der Waals surface area (Å²) in [4.78, 5) is 32.8. The van der Waals surface area contributed by atoms with Crippen LogP contribution in [0.15, 0.2) is 47.7 Å². The summed E-state index contributed by atoms with van der Waals surface area (Å²) in [5.41, 5.74) is 8.28. The lowest BCUT2D eigenvalue weighted by Gasteiger charge is -2.57. The van der Waals surface area contributed by atoms with E-state index in [1.807, 2.05) is 24.3 Å². The van der Waals surface area contributed by atoms with E-state index in [1.54, 1.807) is 17.4 Å². The smallest absolute Gasteiger partial charge is 0.358 e. The molecule has 0 atom stereocenters. The molecule has 2 heterocycles. The van der Waals surface area contributed by atoms with E-state index in [2.05, 4.69) is 9.97 Å². The molecule has 4 saturated carbocycles. The number of hydrazine groups is 1. The van der Waals surface area contributed by atoms with Crippen molar-refractivity contribution in [1.29, 1.82) is 0 Å². The Bertz CT molecular complexity index is 1310. The van der Waals surface area contributed by atoms with Gasteiger partial charge in [-0.05, 0) is 67.8 Å². The Morgan fingerprint density at radius 1 is 1.17 bits per heavy atom. The summed E-state index contributed by atoms with van der Waals surface area (Å²) >= 11 is 1.12. The fourth-order valence-corrected chi connectivity index (χ4v) is 7.98. The summed E-state index contributed by atoms with van der Waals surface area (Å²) in [6, 6.07) is 7.56. The number of esters is 1. The molecule has 188 valence electrons. The van der Waals surface area contributed by atoms with Gasteiger partial charge in [0.15, 0.2) is 10.7 Å². The molecular formula is C27H31N5O3S. The van der Waals surface area contributed by atoms with Crippen LogP contribution >= 0.6 is 11.3 Å². The molecule has 5 N–H and O–H groups in total. The van der Waals surface area contributed by atoms with Crippen molar-refractivity contribution in [2.75, 3.05) is 13.2 Å². The molecule has 0 aliphatic heterocycles. The lowest BCUT2D eigenvalue weighted by Crippen LogP contribution is -2.51. The van der Waals surface area contributed by atoms with Crippen LogP contribution in [0, 0.1) is 23.2 Å². The molecule has 7 rings (SSSR count). The van der Waals surface area contributed by atoms with E-state index >= 15 is 0 Å². The van der Waals surface area contributed by atoms with Gasteiger partial charge >= 0.3 is 5.97 Å². The van der Waals surface area contributed by atoms with Crippen LogP contribution < -0.4 is 11.6 Å². The Balaban J connectivity index is 1.05. The van der Waals surface area contributed by atoms with Crippen LogP contribution in [0.3, 0.4) is 0 Å². The number of ketones is 1. The number of para-hydroxylation sites is 1. The monoisotopic (exact) mass is 505 g/mol. The van der Waals surface area contributed by atoms with Crippen molar-refractivity contribution in [2.45, 2.75) is 38.5 Å². The molecule has 0 unspecified atom stereocenters. The maximum atomic E-state index is 12.9. The minimum atomic E-state index is -0.620.